The minimum Gasteiger partial charge on any atom is -0.298 e. The summed E-state index contributed by atoms with van der Waals surface area (Å²) >= 11 is 8.98. The number of nitrogens with zero attached hydrogens (tertiary/aromatic N) is 1. The number of hydrogen-bond donors (Lipinski definition) is 1. The van der Waals surface area contributed by atoms with Crippen LogP contribution in [0.15, 0.2) is 35.8 Å². The van der Waals surface area contributed by atoms with Crippen molar-refractivity contribution in [1.29, 1.82) is 0 Å². The molecule has 118 valence electrons. The second kappa shape index (κ2) is 6.83. The lowest BCUT2D eigenvalue weighted by Crippen LogP contribution is -2.11. The summed E-state index contributed by atoms with van der Waals surface area (Å²) in [5.41, 5.74) is 2.92. The number of hydrogen-bond acceptors (Lipinski definition) is 4. The summed E-state index contributed by atoms with van der Waals surface area (Å²) in [6.07, 6.45) is 2.59. The zero-order chi connectivity index (χ0) is 16.4. The Morgan fingerprint density at radius 2 is 2.00 bits per heavy atom. The summed E-state index contributed by atoms with van der Waals surface area (Å²) in [6.45, 7) is 3.99. The van der Waals surface area contributed by atoms with Gasteiger partial charge in [-0.2, -0.15) is 0 Å². The Morgan fingerprint density at radius 1 is 1.26 bits per heavy atom. The SMILES string of the molecule is Cc1scc(C(=O)Nc2ncc(Cc3ccc(Cl)cc3)s2)c1C. The fraction of sp³-hybridized carbons (Fsp3) is 0.176. The second-order valence-electron chi connectivity index (χ2n) is 5.22. The summed E-state index contributed by atoms with van der Waals surface area (Å²) in [5.74, 6) is -0.0979. The van der Waals surface area contributed by atoms with Gasteiger partial charge in [0.05, 0.1) is 5.56 Å². The maximum atomic E-state index is 12.3. The first-order valence-corrected chi connectivity index (χ1v) is 9.15. The van der Waals surface area contributed by atoms with Gasteiger partial charge in [-0.1, -0.05) is 23.7 Å². The van der Waals surface area contributed by atoms with Crippen LogP contribution in [0.2, 0.25) is 5.02 Å². The number of nitrogens with one attached hydrogen (secondary N) is 1. The summed E-state index contributed by atoms with van der Waals surface area (Å²) in [4.78, 5) is 18.9. The van der Waals surface area contributed by atoms with E-state index in [2.05, 4.69) is 10.3 Å². The molecule has 0 spiro atoms. The van der Waals surface area contributed by atoms with Crippen molar-refractivity contribution in [2.45, 2.75) is 20.3 Å². The molecule has 3 aromatic rings. The minimum atomic E-state index is -0.0979. The van der Waals surface area contributed by atoms with Gasteiger partial charge in [0.15, 0.2) is 5.13 Å². The molecule has 0 radical (unpaired) electrons. The monoisotopic (exact) mass is 362 g/mol. The summed E-state index contributed by atoms with van der Waals surface area (Å²) < 4.78 is 0. The Balaban J connectivity index is 1.68. The van der Waals surface area contributed by atoms with Crippen molar-refractivity contribution in [3.63, 3.8) is 0 Å². The third-order valence-corrected chi connectivity index (χ3v) is 5.77. The van der Waals surface area contributed by atoms with Crippen LogP contribution in [0, 0.1) is 13.8 Å². The molecule has 0 aliphatic rings. The van der Waals surface area contributed by atoms with E-state index in [1.165, 1.54) is 16.9 Å². The number of anilines is 1. The third-order valence-electron chi connectivity index (χ3n) is 3.60. The van der Waals surface area contributed by atoms with Crippen molar-refractivity contribution >= 4 is 45.3 Å². The molecule has 1 N–H and O–H groups in total. The van der Waals surface area contributed by atoms with Gasteiger partial charge < -0.3 is 0 Å². The molecule has 0 aliphatic heterocycles. The standard InChI is InChI=1S/C17H15ClN2OS2/c1-10-11(2)22-9-15(10)16(21)20-17-19-8-14(23-17)7-12-3-5-13(18)6-4-12/h3-6,8-9H,7H2,1-2H3,(H,19,20,21). The molecule has 6 heteroatoms. The first-order chi connectivity index (χ1) is 11.0. The summed E-state index contributed by atoms with van der Waals surface area (Å²) in [6, 6.07) is 7.75. The molecule has 0 saturated heterocycles. The molecule has 0 fully saturated rings. The Kier molecular flexibility index (Phi) is 4.80. The number of rotatable bonds is 4. The van der Waals surface area contributed by atoms with E-state index >= 15 is 0 Å². The quantitative estimate of drug-likeness (QED) is 0.682. The van der Waals surface area contributed by atoms with E-state index in [1.54, 1.807) is 17.5 Å². The second-order valence-corrected chi connectivity index (χ2v) is 7.86. The molecule has 0 unspecified atom stereocenters. The van der Waals surface area contributed by atoms with E-state index in [0.29, 0.717) is 5.13 Å². The van der Waals surface area contributed by atoms with Crippen LogP contribution >= 0.6 is 34.3 Å². The summed E-state index contributed by atoms with van der Waals surface area (Å²) in [7, 11) is 0. The van der Waals surface area contributed by atoms with Crippen molar-refractivity contribution < 1.29 is 4.79 Å². The number of carbonyl (C=O) groups excluding carboxylic acids is 1. The molecule has 1 amide bonds. The van der Waals surface area contributed by atoms with E-state index in [1.807, 2.05) is 43.5 Å². The van der Waals surface area contributed by atoms with Gasteiger partial charge in [-0.25, -0.2) is 4.98 Å². The Morgan fingerprint density at radius 3 is 2.65 bits per heavy atom. The lowest BCUT2D eigenvalue weighted by molar-refractivity contribution is 0.102. The Labute approximate surface area is 148 Å². The highest BCUT2D eigenvalue weighted by Crippen LogP contribution is 2.25. The number of thiophene rings is 1. The number of benzene rings is 1. The molecule has 1 aromatic carbocycles. The topological polar surface area (TPSA) is 42.0 Å². The van der Waals surface area contributed by atoms with E-state index in [4.69, 9.17) is 11.6 Å². The van der Waals surface area contributed by atoms with E-state index in [-0.39, 0.29) is 5.91 Å². The fourth-order valence-corrected chi connectivity index (χ4v) is 3.99. The lowest BCUT2D eigenvalue weighted by Gasteiger charge is -2.01. The smallest absolute Gasteiger partial charge is 0.258 e. The summed E-state index contributed by atoms with van der Waals surface area (Å²) in [5, 5.41) is 6.13. The van der Waals surface area contributed by atoms with Gasteiger partial charge >= 0.3 is 0 Å². The minimum absolute atomic E-state index is 0.0979. The molecule has 0 saturated carbocycles. The number of aryl methyl sites for hydroxylation is 1. The van der Waals surface area contributed by atoms with Gasteiger partial charge in [0.1, 0.15) is 0 Å². The van der Waals surface area contributed by atoms with Gasteiger partial charge in [0.2, 0.25) is 0 Å². The maximum Gasteiger partial charge on any atom is 0.258 e. The van der Waals surface area contributed by atoms with Crippen molar-refractivity contribution in [2.24, 2.45) is 0 Å². The van der Waals surface area contributed by atoms with Crippen LogP contribution in [-0.2, 0) is 6.42 Å². The molecule has 2 heterocycles. The predicted octanol–water partition coefficient (Wildman–Crippen LogP) is 5.32. The molecule has 0 bridgehead atoms. The Bertz CT molecular complexity index is 837. The van der Waals surface area contributed by atoms with Gasteiger partial charge in [-0.15, -0.1) is 22.7 Å². The molecule has 3 nitrogen and oxygen atoms in total. The van der Waals surface area contributed by atoms with Gasteiger partial charge in [0, 0.05) is 32.8 Å². The highest BCUT2D eigenvalue weighted by molar-refractivity contribution is 7.15. The van der Waals surface area contributed by atoms with Gasteiger partial charge in [0.25, 0.3) is 5.91 Å². The van der Waals surface area contributed by atoms with Crippen molar-refractivity contribution in [3.05, 3.63) is 67.3 Å². The van der Waals surface area contributed by atoms with Crippen LogP contribution in [0.25, 0.3) is 0 Å². The largest absolute Gasteiger partial charge is 0.298 e. The van der Waals surface area contributed by atoms with E-state index in [9.17, 15) is 4.79 Å². The van der Waals surface area contributed by atoms with E-state index < -0.39 is 0 Å². The van der Waals surface area contributed by atoms with Crippen molar-refractivity contribution in [2.75, 3.05) is 5.32 Å². The zero-order valence-electron chi connectivity index (χ0n) is 12.7. The number of amides is 1. The number of carbonyl (C=O) groups is 1. The zero-order valence-corrected chi connectivity index (χ0v) is 15.1. The molecule has 0 aliphatic carbocycles. The van der Waals surface area contributed by atoms with E-state index in [0.717, 1.165) is 32.3 Å². The predicted molar refractivity (Wildman–Crippen MR) is 98.1 cm³/mol. The van der Waals surface area contributed by atoms with Crippen LogP contribution in [-0.4, -0.2) is 10.9 Å². The molecule has 23 heavy (non-hydrogen) atoms. The third kappa shape index (κ3) is 3.80. The molecular formula is C17H15ClN2OS2. The number of thiazole rings is 1. The highest BCUT2D eigenvalue weighted by Gasteiger charge is 2.14. The van der Waals surface area contributed by atoms with Crippen LogP contribution < -0.4 is 5.32 Å². The van der Waals surface area contributed by atoms with Crippen LogP contribution in [0.3, 0.4) is 0 Å². The average Bonchev–Trinajstić information content (AvgIpc) is 3.09. The van der Waals surface area contributed by atoms with Gasteiger partial charge in [-0.05, 0) is 37.1 Å². The van der Waals surface area contributed by atoms with Gasteiger partial charge in [-0.3, -0.25) is 10.1 Å². The molecule has 2 aromatic heterocycles. The normalized spacial score (nSPS) is 10.7. The Hall–Kier alpha value is -1.69. The number of aromatic nitrogens is 1. The molecule has 0 atom stereocenters. The number of halogens is 1. The van der Waals surface area contributed by atoms with Crippen LogP contribution in [0.4, 0.5) is 5.13 Å². The van der Waals surface area contributed by atoms with Crippen LogP contribution in [0.5, 0.6) is 0 Å². The maximum absolute atomic E-state index is 12.3. The average molecular weight is 363 g/mol. The molecular weight excluding hydrogens is 348 g/mol. The van der Waals surface area contributed by atoms with Crippen molar-refractivity contribution in [1.82, 2.24) is 4.98 Å². The molecule has 3 rings (SSSR count). The lowest BCUT2D eigenvalue weighted by atomic mass is 10.1. The first-order valence-electron chi connectivity index (χ1n) is 7.08. The highest BCUT2D eigenvalue weighted by atomic mass is 35.5. The van der Waals surface area contributed by atoms with Crippen LogP contribution in [0.1, 0.15) is 31.2 Å². The first kappa shape index (κ1) is 16.2. The fourth-order valence-electron chi connectivity index (χ4n) is 2.15. The van der Waals surface area contributed by atoms with Crippen molar-refractivity contribution in [3.8, 4) is 0 Å².